The average molecular weight is 376 g/mol. The lowest BCUT2D eigenvalue weighted by molar-refractivity contribution is -0.121. The molecule has 1 amide bonds. The second kappa shape index (κ2) is 8.34. The van der Waals surface area contributed by atoms with E-state index in [1.54, 1.807) is 16.8 Å². The number of benzene rings is 1. The number of carbonyl (C=O) groups excluding carboxylic acids is 1. The van der Waals surface area contributed by atoms with Crippen molar-refractivity contribution >= 4 is 17.4 Å². The zero-order valence-corrected chi connectivity index (χ0v) is 15.2. The molecule has 8 heteroatoms. The zero-order valence-electron chi connectivity index (χ0n) is 15.2. The first kappa shape index (κ1) is 17.7. The van der Waals surface area contributed by atoms with Crippen LogP contribution in [0.4, 0.5) is 5.82 Å². The van der Waals surface area contributed by atoms with Gasteiger partial charge in [-0.3, -0.25) is 4.79 Å². The highest BCUT2D eigenvalue weighted by molar-refractivity contribution is 5.76. The SMILES string of the molecule is O=C(CCc1nnc2ccc(NCc3ccccc3)nn12)NCc1ccco1. The molecule has 2 N–H and O–H groups in total. The number of nitrogens with zero attached hydrogens (tertiary/aromatic N) is 4. The molecular weight excluding hydrogens is 356 g/mol. The molecule has 0 atom stereocenters. The molecule has 8 nitrogen and oxygen atoms in total. The van der Waals surface area contributed by atoms with Crippen molar-refractivity contribution in [2.75, 3.05) is 5.32 Å². The molecule has 0 saturated carbocycles. The first-order chi connectivity index (χ1) is 13.8. The third-order valence-corrected chi connectivity index (χ3v) is 4.26. The number of amides is 1. The topological polar surface area (TPSA) is 97.4 Å². The highest BCUT2D eigenvalue weighted by Gasteiger charge is 2.10. The van der Waals surface area contributed by atoms with Gasteiger partial charge in [-0.25, -0.2) is 0 Å². The molecule has 3 heterocycles. The van der Waals surface area contributed by atoms with Crippen molar-refractivity contribution in [3.63, 3.8) is 0 Å². The minimum atomic E-state index is -0.0773. The van der Waals surface area contributed by atoms with E-state index in [2.05, 4.69) is 38.1 Å². The fourth-order valence-corrected chi connectivity index (χ4v) is 2.78. The van der Waals surface area contributed by atoms with Crippen LogP contribution in [0.2, 0.25) is 0 Å². The summed E-state index contributed by atoms with van der Waals surface area (Å²) in [6, 6.07) is 17.4. The molecular formula is C20H20N6O2. The summed E-state index contributed by atoms with van der Waals surface area (Å²) in [5.41, 5.74) is 1.82. The summed E-state index contributed by atoms with van der Waals surface area (Å²) < 4.78 is 6.88. The van der Waals surface area contributed by atoms with E-state index in [1.165, 1.54) is 5.56 Å². The quantitative estimate of drug-likeness (QED) is 0.491. The van der Waals surface area contributed by atoms with Crippen LogP contribution in [-0.4, -0.2) is 25.7 Å². The van der Waals surface area contributed by atoms with Crippen molar-refractivity contribution in [1.29, 1.82) is 0 Å². The molecule has 0 aliphatic heterocycles. The normalized spacial score (nSPS) is 10.9. The van der Waals surface area contributed by atoms with E-state index in [0.717, 1.165) is 11.6 Å². The number of hydrogen-bond acceptors (Lipinski definition) is 6. The lowest BCUT2D eigenvalue weighted by Gasteiger charge is -2.06. The minimum Gasteiger partial charge on any atom is -0.467 e. The predicted molar refractivity (Wildman–Crippen MR) is 103 cm³/mol. The molecule has 28 heavy (non-hydrogen) atoms. The van der Waals surface area contributed by atoms with E-state index in [4.69, 9.17) is 4.42 Å². The monoisotopic (exact) mass is 376 g/mol. The van der Waals surface area contributed by atoms with E-state index < -0.39 is 0 Å². The molecule has 1 aromatic carbocycles. The molecule has 0 unspecified atom stereocenters. The smallest absolute Gasteiger partial charge is 0.220 e. The first-order valence-corrected chi connectivity index (χ1v) is 9.06. The summed E-state index contributed by atoms with van der Waals surface area (Å²) in [6.07, 6.45) is 2.32. The second-order valence-electron chi connectivity index (χ2n) is 6.30. The Labute approximate surface area is 161 Å². The summed E-state index contributed by atoms with van der Waals surface area (Å²) >= 11 is 0. The van der Waals surface area contributed by atoms with Gasteiger partial charge in [0.1, 0.15) is 11.6 Å². The van der Waals surface area contributed by atoms with Gasteiger partial charge in [-0.15, -0.1) is 15.3 Å². The van der Waals surface area contributed by atoms with E-state index in [-0.39, 0.29) is 5.91 Å². The van der Waals surface area contributed by atoms with Crippen LogP contribution in [0.5, 0.6) is 0 Å². The molecule has 0 aliphatic carbocycles. The summed E-state index contributed by atoms with van der Waals surface area (Å²) in [6.45, 7) is 1.05. The fourth-order valence-electron chi connectivity index (χ4n) is 2.78. The Morgan fingerprint density at radius 3 is 2.71 bits per heavy atom. The van der Waals surface area contributed by atoms with Crippen LogP contribution in [-0.2, 0) is 24.3 Å². The maximum Gasteiger partial charge on any atom is 0.220 e. The Bertz CT molecular complexity index is 1040. The highest BCUT2D eigenvalue weighted by atomic mass is 16.3. The second-order valence-corrected chi connectivity index (χ2v) is 6.30. The van der Waals surface area contributed by atoms with Crippen LogP contribution in [0, 0.1) is 0 Å². The molecule has 0 fully saturated rings. The highest BCUT2D eigenvalue weighted by Crippen LogP contribution is 2.10. The third-order valence-electron chi connectivity index (χ3n) is 4.26. The van der Waals surface area contributed by atoms with Crippen molar-refractivity contribution in [2.24, 2.45) is 0 Å². The van der Waals surface area contributed by atoms with Crippen LogP contribution in [0.25, 0.3) is 5.65 Å². The summed E-state index contributed by atoms with van der Waals surface area (Å²) in [5, 5.41) is 18.9. The molecule has 0 saturated heterocycles. The Balaban J connectivity index is 1.36. The van der Waals surface area contributed by atoms with Crippen molar-refractivity contribution in [2.45, 2.75) is 25.9 Å². The van der Waals surface area contributed by atoms with Gasteiger partial charge in [0.25, 0.3) is 0 Å². The third kappa shape index (κ3) is 4.35. The van der Waals surface area contributed by atoms with Crippen molar-refractivity contribution in [1.82, 2.24) is 25.1 Å². The van der Waals surface area contributed by atoms with Gasteiger partial charge >= 0.3 is 0 Å². The Morgan fingerprint density at radius 1 is 1.00 bits per heavy atom. The number of anilines is 1. The van der Waals surface area contributed by atoms with Crippen LogP contribution in [0.1, 0.15) is 23.6 Å². The van der Waals surface area contributed by atoms with Gasteiger partial charge in [-0.05, 0) is 29.8 Å². The van der Waals surface area contributed by atoms with Gasteiger partial charge in [-0.1, -0.05) is 30.3 Å². The summed E-state index contributed by atoms with van der Waals surface area (Å²) in [5.74, 6) is 2.01. The van der Waals surface area contributed by atoms with Crippen molar-refractivity contribution in [3.05, 3.63) is 78.0 Å². The molecule has 4 aromatic rings. The Hall–Kier alpha value is -3.68. The van der Waals surface area contributed by atoms with Crippen molar-refractivity contribution in [3.8, 4) is 0 Å². The fraction of sp³-hybridized carbons (Fsp3) is 0.200. The lowest BCUT2D eigenvalue weighted by Crippen LogP contribution is -2.23. The van der Waals surface area contributed by atoms with Gasteiger partial charge in [0.2, 0.25) is 5.91 Å². The number of hydrogen-bond donors (Lipinski definition) is 2. The number of rotatable bonds is 8. The maximum atomic E-state index is 12.1. The van der Waals surface area contributed by atoms with E-state index in [9.17, 15) is 4.79 Å². The maximum absolute atomic E-state index is 12.1. The van der Waals surface area contributed by atoms with Gasteiger partial charge in [-0.2, -0.15) is 4.52 Å². The molecule has 0 aliphatic rings. The van der Waals surface area contributed by atoms with Crippen LogP contribution in [0.3, 0.4) is 0 Å². The molecule has 0 radical (unpaired) electrons. The minimum absolute atomic E-state index is 0.0773. The molecule has 4 rings (SSSR count). The first-order valence-electron chi connectivity index (χ1n) is 9.06. The summed E-state index contributed by atoms with van der Waals surface area (Å²) in [7, 11) is 0. The number of nitrogens with one attached hydrogen (secondary N) is 2. The van der Waals surface area contributed by atoms with Crippen LogP contribution >= 0.6 is 0 Å². The van der Waals surface area contributed by atoms with Gasteiger partial charge in [0, 0.05) is 19.4 Å². The van der Waals surface area contributed by atoms with Crippen LogP contribution in [0.15, 0.2) is 65.3 Å². The van der Waals surface area contributed by atoms with Gasteiger partial charge in [0.15, 0.2) is 11.5 Å². The van der Waals surface area contributed by atoms with Crippen molar-refractivity contribution < 1.29 is 9.21 Å². The van der Waals surface area contributed by atoms with Crippen LogP contribution < -0.4 is 10.6 Å². The van der Waals surface area contributed by atoms with E-state index in [1.807, 2.05) is 36.4 Å². The average Bonchev–Trinajstić information content (AvgIpc) is 3.39. The standard InChI is InChI=1S/C20H20N6O2/c27-20(22-14-16-7-4-12-28-16)11-10-19-24-23-18-9-8-17(25-26(18)19)21-13-15-5-2-1-3-6-15/h1-9,12H,10-11,13-14H2,(H,21,25)(H,22,27). The van der Waals surface area contributed by atoms with E-state index in [0.29, 0.717) is 37.4 Å². The number of carbonyl (C=O) groups is 1. The van der Waals surface area contributed by atoms with Gasteiger partial charge < -0.3 is 15.1 Å². The number of aryl methyl sites for hydroxylation is 1. The zero-order chi connectivity index (χ0) is 19.2. The summed E-state index contributed by atoms with van der Waals surface area (Å²) in [4.78, 5) is 12.1. The van der Waals surface area contributed by atoms with E-state index >= 15 is 0 Å². The predicted octanol–water partition coefficient (Wildman–Crippen LogP) is 2.58. The van der Waals surface area contributed by atoms with Gasteiger partial charge in [0.05, 0.1) is 12.8 Å². The molecule has 0 spiro atoms. The Morgan fingerprint density at radius 2 is 1.89 bits per heavy atom. The Kier molecular flexibility index (Phi) is 5.28. The number of fused-ring (bicyclic) bond motifs is 1. The number of furan rings is 1. The molecule has 3 aromatic heterocycles. The molecule has 142 valence electrons. The lowest BCUT2D eigenvalue weighted by atomic mass is 10.2. The number of aromatic nitrogens is 4. The largest absolute Gasteiger partial charge is 0.467 e. The molecule has 0 bridgehead atoms.